The molecule has 1 heterocycles. The van der Waals surface area contributed by atoms with Crippen molar-refractivity contribution < 1.29 is 4.79 Å². The zero-order valence-electron chi connectivity index (χ0n) is 8.55. The smallest absolute Gasteiger partial charge is 0.164 e. The molecular formula is C12H15NO. The second-order valence-electron chi connectivity index (χ2n) is 4.82. The first-order valence-electron chi connectivity index (χ1n) is 5.45. The highest BCUT2D eigenvalue weighted by atomic mass is 16.1. The fourth-order valence-corrected chi connectivity index (χ4v) is 2.45. The normalized spacial score (nSPS) is 23.4. The lowest BCUT2D eigenvalue weighted by atomic mass is 9.96. The van der Waals surface area contributed by atoms with E-state index in [-0.39, 0.29) is 0 Å². The predicted octanol–water partition coefficient (Wildman–Crippen LogP) is 2.52. The molecule has 0 amide bonds. The lowest BCUT2D eigenvalue weighted by molar-refractivity contribution is 0.0971. The van der Waals surface area contributed by atoms with E-state index in [1.165, 1.54) is 18.5 Å². The Morgan fingerprint density at radius 2 is 2.14 bits per heavy atom. The lowest BCUT2D eigenvalue weighted by Gasteiger charge is -2.19. The van der Waals surface area contributed by atoms with E-state index in [0.29, 0.717) is 11.3 Å². The van der Waals surface area contributed by atoms with Crippen molar-refractivity contribution in [3.8, 4) is 0 Å². The molecule has 3 rings (SSSR count). The van der Waals surface area contributed by atoms with E-state index < -0.39 is 0 Å². The standard InChI is InChI=1S/C12H15NO/c1-12(6-7-12)13-8-5-9-10(13)3-2-4-11(9)14/h5,8H,2-4,6-7H2,1H3. The van der Waals surface area contributed by atoms with Crippen LogP contribution in [0, 0.1) is 0 Å². The van der Waals surface area contributed by atoms with Crippen LogP contribution in [-0.4, -0.2) is 10.4 Å². The molecule has 1 fully saturated rings. The van der Waals surface area contributed by atoms with Crippen LogP contribution in [0.4, 0.5) is 0 Å². The highest BCUT2D eigenvalue weighted by Gasteiger charge is 2.41. The van der Waals surface area contributed by atoms with Gasteiger partial charge in [0.1, 0.15) is 0 Å². The summed E-state index contributed by atoms with van der Waals surface area (Å²) in [6, 6.07) is 2.01. The van der Waals surface area contributed by atoms with Gasteiger partial charge in [-0.3, -0.25) is 4.79 Å². The van der Waals surface area contributed by atoms with Crippen molar-refractivity contribution in [3.63, 3.8) is 0 Å². The molecule has 0 N–H and O–H groups in total. The Hall–Kier alpha value is -1.05. The molecule has 0 saturated heterocycles. The molecule has 74 valence electrons. The van der Waals surface area contributed by atoms with Gasteiger partial charge >= 0.3 is 0 Å². The number of carbonyl (C=O) groups excluding carboxylic acids is 1. The van der Waals surface area contributed by atoms with Gasteiger partial charge in [-0.05, 0) is 38.7 Å². The van der Waals surface area contributed by atoms with Gasteiger partial charge in [-0.1, -0.05) is 0 Å². The number of rotatable bonds is 1. The molecular weight excluding hydrogens is 174 g/mol. The number of Topliss-reactive ketones (excluding diaryl/α,β-unsaturated/α-hetero) is 1. The number of hydrogen-bond donors (Lipinski definition) is 0. The predicted molar refractivity (Wildman–Crippen MR) is 54.6 cm³/mol. The molecule has 0 bridgehead atoms. The minimum absolute atomic E-state index is 0.338. The summed E-state index contributed by atoms with van der Waals surface area (Å²) in [5.41, 5.74) is 2.62. The number of aromatic nitrogens is 1. The molecule has 0 atom stereocenters. The molecule has 0 spiro atoms. The molecule has 0 unspecified atom stereocenters. The summed E-state index contributed by atoms with van der Waals surface area (Å²) in [5, 5.41) is 0. The molecule has 0 radical (unpaired) electrons. The first-order chi connectivity index (χ1) is 6.71. The van der Waals surface area contributed by atoms with Gasteiger partial charge < -0.3 is 4.57 Å². The summed E-state index contributed by atoms with van der Waals surface area (Å²) >= 11 is 0. The Kier molecular flexibility index (Phi) is 1.48. The van der Waals surface area contributed by atoms with E-state index in [0.717, 1.165) is 24.8 Å². The molecule has 1 saturated carbocycles. The monoisotopic (exact) mass is 189 g/mol. The van der Waals surface area contributed by atoms with Crippen molar-refractivity contribution in [1.29, 1.82) is 0 Å². The van der Waals surface area contributed by atoms with Gasteiger partial charge in [0.2, 0.25) is 0 Å². The van der Waals surface area contributed by atoms with Crippen molar-refractivity contribution in [1.82, 2.24) is 4.57 Å². The zero-order valence-corrected chi connectivity index (χ0v) is 8.55. The second kappa shape index (κ2) is 2.50. The van der Waals surface area contributed by atoms with Crippen molar-refractivity contribution in [2.24, 2.45) is 0 Å². The SMILES string of the molecule is CC1(n2ccc3c2CCCC3=O)CC1. The average Bonchev–Trinajstić information content (AvgIpc) is 2.77. The van der Waals surface area contributed by atoms with Crippen LogP contribution in [0.2, 0.25) is 0 Å². The number of carbonyl (C=O) groups is 1. The van der Waals surface area contributed by atoms with Crippen LogP contribution in [0.25, 0.3) is 0 Å². The van der Waals surface area contributed by atoms with Gasteiger partial charge in [-0.15, -0.1) is 0 Å². The maximum Gasteiger partial charge on any atom is 0.164 e. The van der Waals surface area contributed by atoms with Crippen LogP contribution in [0.15, 0.2) is 12.3 Å². The van der Waals surface area contributed by atoms with Crippen molar-refractivity contribution in [2.75, 3.05) is 0 Å². The summed E-state index contributed by atoms with van der Waals surface area (Å²) in [6.45, 7) is 2.28. The number of hydrogen-bond acceptors (Lipinski definition) is 1. The maximum absolute atomic E-state index is 11.6. The fraction of sp³-hybridized carbons (Fsp3) is 0.583. The maximum atomic E-state index is 11.6. The Labute approximate surface area is 83.9 Å². The summed E-state index contributed by atoms with van der Waals surface area (Å²) in [5.74, 6) is 0.342. The van der Waals surface area contributed by atoms with Gasteiger partial charge in [0.25, 0.3) is 0 Å². The van der Waals surface area contributed by atoms with Gasteiger partial charge in [0, 0.05) is 29.4 Å². The Morgan fingerprint density at radius 3 is 2.86 bits per heavy atom. The fourth-order valence-electron chi connectivity index (χ4n) is 2.45. The molecule has 0 aromatic carbocycles. The Balaban J connectivity index is 2.11. The lowest BCUT2D eigenvalue weighted by Crippen LogP contribution is -2.19. The zero-order chi connectivity index (χ0) is 9.76. The third kappa shape index (κ3) is 0.999. The topological polar surface area (TPSA) is 22.0 Å². The highest BCUT2D eigenvalue weighted by Crippen LogP contribution is 2.45. The summed E-state index contributed by atoms with van der Waals surface area (Å²) in [6.07, 6.45) is 7.51. The highest BCUT2D eigenvalue weighted by molar-refractivity contribution is 5.98. The van der Waals surface area contributed by atoms with Crippen molar-refractivity contribution >= 4 is 5.78 Å². The molecule has 0 aliphatic heterocycles. The van der Waals surface area contributed by atoms with E-state index in [2.05, 4.69) is 17.7 Å². The molecule has 2 heteroatoms. The average molecular weight is 189 g/mol. The minimum Gasteiger partial charge on any atom is -0.345 e. The first kappa shape index (κ1) is 8.27. The molecule has 2 aliphatic rings. The van der Waals surface area contributed by atoms with E-state index in [1.54, 1.807) is 0 Å². The quantitative estimate of drug-likeness (QED) is 0.665. The Bertz CT molecular complexity index is 398. The van der Waals surface area contributed by atoms with Gasteiger partial charge in [-0.2, -0.15) is 0 Å². The van der Waals surface area contributed by atoms with Crippen LogP contribution < -0.4 is 0 Å². The molecule has 14 heavy (non-hydrogen) atoms. The van der Waals surface area contributed by atoms with Crippen LogP contribution in [0.5, 0.6) is 0 Å². The van der Waals surface area contributed by atoms with E-state index in [1.807, 2.05) is 6.07 Å². The number of fused-ring (bicyclic) bond motifs is 1. The van der Waals surface area contributed by atoms with E-state index in [4.69, 9.17) is 0 Å². The van der Waals surface area contributed by atoms with Crippen LogP contribution >= 0.6 is 0 Å². The van der Waals surface area contributed by atoms with Gasteiger partial charge in [0.05, 0.1) is 0 Å². The largest absolute Gasteiger partial charge is 0.345 e. The molecule has 2 aliphatic carbocycles. The van der Waals surface area contributed by atoms with Gasteiger partial charge in [-0.25, -0.2) is 0 Å². The summed E-state index contributed by atoms with van der Waals surface area (Å²) in [7, 11) is 0. The van der Waals surface area contributed by atoms with Gasteiger partial charge in [0.15, 0.2) is 5.78 Å². The second-order valence-corrected chi connectivity index (χ2v) is 4.82. The van der Waals surface area contributed by atoms with E-state index >= 15 is 0 Å². The summed E-state index contributed by atoms with van der Waals surface area (Å²) < 4.78 is 2.35. The van der Waals surface area contributed by atoms with Crippen molar-refractivity contribution in [3.05, 3.63) is 23.5 Å². The number of ketones is 1. The Morgan fingerprint density at radius 1 is 1.36 bits per heavy atom. The summed E-state index contributed by atoms with van der Waals surface area (Å²) in [4.78, 5) is 11.6. The van der Waals surface area contributed by atoms with Crippen LogP contribution in [-0.2, 0) is 12.0 Å². The number of nitrogens with zero attached hydrogens (tertiary/aromatic N) is 1. The van der Waals surface area contributed by atoms with Crippen LogP contribution in [0.1, 0.15) is 48.7 Å². The molecule has 1 aromatic rings. The third-order valence-electron chi connectivity index (χ3n) is 3.66. The third-order valence-corrected chi connectivity index (χ3v) is 3.66. The van der Waals surface area contributed by atoms with Crippen molar-refractivity contribution in [2.45, 2.75) is 44.6 Å². The minimum atomic E-state index is 0.338. The van der Waals surface area contributed by atoms with Crippen LogP contribution in [0.3, 0.4) is 0 Å². The molecule has 2 nitrogen and oxygen atoms in total. The van der Waals surface area contributed by atoms with E-state index in [9.17, 15) is 4.79 Å². The molecule has 1 aromatic heterocycles. The first-order valence-corrected chi connectivity index (χ1v) is 5.45.